The van der Waals surface area contributed by atoms with Crippen LogP contribution >= 0.6 is 15.9 Å². The van der Waals surface area contributed by atoms with Crippen LogP contribution in [0.15, 0.2) is 40.0 Å². The fourth-order valence-corrected chi connectivity index (χ4v) is 3.61. The maximum Gasteiger partial charge on any atom is 0.261 e. The Labute approximate surface area is 139 Å². The van der Waals surface area contributed by atoms with Gasteiger partial charge < -0.3 is 9.84 Å². The van der Waals surface area contributed by atoms with E-state index in [-0.39, 0.29) is 18.2 Å². The molecule has 2 atom stereocenters. The number of halogens is 1. The number of hydrogen-bond donors (Lipinski definition) is 1. The third-order valence-corrected chi connectivity index (χ3v) is 4.90. The van der Waals surface area contributed by atoms with Crippen LogP contribution in [0.4, 0.5) is 0 Å². The van der Waals surface area contributed by atoms with Crippen LogP contribution in [0, 0.1) is 0 Å². The maximum absolute atomic E-state index is 12.9. The molecule has 118 valence electrons. The second kappa shape index (κ2) is 5.67. The summed E-state index contributed by atoms with van der Waals surface area (Å²) in [5.74, 6) is 0. The van der Waals surface area contributed by atoms with Gasteiger partial charge in [0.2, 0.25) is 0 Å². The first-order chi connectivity index (χ1) is 11.2. The van der Waals surface area contributed by atoms with Gasteiger partial charge in [-0.2, -0.15) is 0 Å². The summed E-state index contributed by atoms with van der Waals surface area (Å²) in [7, 11) is 0. The molecule has 1 aliphatic rings. The zero-order valence-electron chi connectivity index (χ0n) is 12.1. The molecular formula is C16H14BrN3O3. The van der Waals surface area contributed by atoms with Gasteiger partial charge >= 0.3 is 0 Å². The topological polar surface area (TPSA) is 77.2 Å². The molecule has 1 aromatic carbocycles. The van der Waals surface area contributed by atoms with E-state index < -0.39 is 6.10 Å². The minimum atomic E-state index is -0.706. The Morgan fingerprint density at radius 3 is 2.96 bits per heavy atom. The highest BCUT2D eigenvalue weighted by molar-refractivity contribution is 9.10. The lowest BCUT2D eigenvalue weighted by Crippen LogP contribution is -2.39. The maximum atomic E-state index is 12.9. The quantitative estimate of drug-likeness (QED) is 0.658. The number of aromatic nitrogens is 3. The van der Waals surface area contributed by atoms with Gasteiger partial charge in [-0.3, -0.25) is 14.3 Å². The first kappa shape index (κ1) is 14.7. The summed E-state index contributed by atoms with van der Waals surface area (Å²) in [6.45, 7) is 0.757. The van der Waals surface area contributed by atoms with Crippen molar-refractivity contribution in [1.82, 2.24) is 14.5 Å². The van der Waals surface area contributed by atoms with Crippen LogP contribution in [0.3, 0.4) is 0 Å². The molecule has 1 saturated heterocycles. The lowest BCUT2D eigenvalue weighted by Gasteiger charge is -2.29. The number of hydrogen-bond acceptors (Lipinski definition) is 5. The molecule has 0 aliphatic carbocycles. The molecule has 2 aromatic heterocycles. The van der Waals surface area contributed by atoms with Crippen molar-refractivity contribution in [2.75, 3.05) is 13.2 Å². The number of ether oxygens (including phenoxy) is 1. The molecule has 3 heterocycles. The van der Waals surface area contributed by atoms with Gasteiger partial charge in [0, 0.05) is 22.7 Å². The lowest BCUT2D eigenvalue weighted by molar-refractivity contribution is -0.0395. The second-order valence-electron chi connectivity index (χ2n) is 5.61. The van der Waals surface area contributed by atoms with E-state index in [9.17, 15) is 9.90 Å². The van der Waals surface area contributed by atoms with Crippen LogP contribution < -0.4 is 5.56 Å². The fourth-order valence-electron chi connectivity index (χ4n) is 3.06. The molecule has 1 aliphatic heterocycles. The minimum Gasteiger partial charge on any atom is -0.389 e. The van der Waals surface area contributed by atoms with Gasteiger partial charge in [0.15, 0.2) is 0 Å². The van der Waals surface area contributed by atoms with Gasteiger partial charge in [0.05, 0.1) is 36.0 Å². The van der Waals surface area contributed by atoms with Gasteiger partial charge in [-0.15, -0.1) is 0 Å². The number of nitrogens with zero attached hydrogens (tertiary/aromatic N) is 3. The zero-order valence-corrected chi connectivity index (χ0v) is 13.7. The third kappa shape index (κ3) is 2.36. The Balaban J connectivity index is 1.98. The van der Waals surface area contributed by atoms with Gasteiger partial charge in [0.25, 0.3) is 5.56 Å². The lowest BCUT2D eigenvalue weighted by atomic mass is 10.1. The number of aliphatic hydroxyl groups is 1. The smallest absolute Gasteiger partial charge is 0.261 e. The van der Waals surface area contributed by atoms with Crippen molar-refractivity contribution in [3.05, 3.63) is 45.5 Å². The molecule has 0 unspecified atom stereocenters. The molecule has 7 heteroatoms. The van der Waals surface area contributed by atoms with Gasteiger partial charge in [-0.25, -0.2) is 4.98 Å². The van der Waals surface area contributed by atoms with E-state index >= 15 is 0 Å². The van der Waals surface area contributed by atoms with Crippen molar-refractivity contribution < 1.29 is 9.84 Å². The Morgan fingerprint density at radius 1 is 1.30 bits per heavy atom. The van der Waals surface area contributed by atoms with Crippen LogP contribution in [0.5, 0.6) is 0 Å². The highest BCUT2D eigenvalue weighted by Crippen LogP contribution is 2.28. The van der Waals surface area contributed by atoms with E-state index in [1.807, 2.05) is 12.1 Å². The van der Waals surface area contributed by atoms with E-state index in [1.165, 1.54) is 10.9 Å². The molecule has 0 spiro atoms. The molecule has 23 heavy (non-hydrogen) atoms. The van der Waals surface area contributed by atoms with Crippen LogP contribution in [0.25, 0.3) is 21.8 Å². The summed E-state index contributed by atoms with van der Waals surface area (Å²) in [6, 6.07) is 5.24. The fraction of sp³-hybridized carbons (Fsp3) is 0.312. The summed E-state index contributed by atoms with van der Waals surface area (Å²) >= 11 is 3.50. The summed E-state index contributed by atoms with van der Waals surface area (Å²) in [5, 5.41) is 11.5. The van der Waals surface area contributed by atoms with E-state index in [0.29, 0.717) is 29.4 Å². The van der Waals surface area contributed by atoms with Crippen molar-refractivity contribution in [3.8, 4) is 0 Å². The van der Waals surface area contributed by atoms with Crippen molar-refractivity contribution >= 4 is 37.7 Å². The van der Waals surface area contributed by atoms with E-state index in [4.69, 9.17) is 4.74 Å². The predicted octanol–water partition coefficient (Wildman–Crippen LogP) is 2.03. The summed E-state index contributed by atoms with van der Waals surface area (Å²) in [5.41, 5.74) is 1.09. The molecule has 0 bridgehead atoms. The van der Waals surface area contributed by atoms with Crippen molar-refractivity contribution in [1.29, 1.82) is 0 Å². The second-order valence-corrected chi connectivity index (χ2v) is 6.46. The van der Waals surface area contributed by atoms with Crippen LogP contribution in [0.2, 0.25) is 0 Å². The van der Waals surface area contributed by atoms with Gasteiger partial charge in [-0.1, -0.05) is 22.0 Å². The van der Waals surface area contributed by atoms with E-state index in [1.54, 1.807) is 12.3 Å². The molecule has 1 fully saturated rings. The Bertz CT molecular complexity index is 956. The van der Waals surface area contributed by atoms with Crippen molar-refractivity contribution in [3.63, 3.8) is 0 Å². The minimum absolute atomic E-state index is 0.172. The van der Waals surface area contributed by atoms with Crippen molar-refractivity contribution in [2.45, 2.75) is 18.6 Å². The predicted molar refractivity (Wildman–Crippen MR) is 89.5 cm³/mol. The standard InChI is InChI=1S/C16H14BrN3O3/c17-11-6-10-15(14-9(11)2-1-4-18-14)19-8-20(16(10)22)12-3-5-23-7-13(12)21/h1-2,4,6,8,12-13,21H,3,5,7H2/t12-,13-/m0/s1. The Morgan fingerprint density at radius 2 is 2.13 bits per heavy atom. The highest BCUT2D eigenvalue weighted by atomic mass is 79.9. The van der Waals surface area contributed by atoms with Crippen LogP contribution in [-0.4, -0.2) is 39.0 Å². The first-order valence-corrected chi connectivity index (χ1v) is 8.16. The molecular weight excluding hydrogens is 362 g/mol. The SMILES string of the molecule is O=c1c2cc(Br)c3cccnc3c2ncn1[C@H]1CCOC[C@@H]1O. The summed E-state index contributed by atoms with van der Waals surface area (Å²) < 4.78 is 7.55. The third-order valence-electron chi connectivity index (χ3n) is 4.24. The molecule has 6 nitrogen and oxygen atoms in total. The molecule has 0 saturated carbocycles. The molecule has 0 amide bonds. The van der Waals surface area contributed by atoms with E-state index in [0.717, 1.165) is 9.86 Å². The highest BCUT2D eigenvalue weighted by Gasteiger charge is 2.27. The largest absolute Gasteiger partial charge is 0.389 e. The monoisotopic (exact) mass is 375 g/mol. The normalized spacial score (nSPS) is 21.8. The van der Waals surface area contributed by atoms with Gasteiger partial charge in [0.1, 0.15) is 5.52 Å². The number of benzene rings is 1. The summed E-state index contributed by atoms with van der Waals surface area (Å²) in [6.07, 6.45) is 3.07. The molecule has 1 N–H and O–H groups in total. The van der Waals surface area contributed by atoms with Gasteiger partial charge in [-0.05, 0) is 18.6 Å². The van der Waals surface area contributed by atoms with Crippen molar-refractivity contribution in [2.24, 2.45) is 0 Å². The Hall–Kier alpha value is -1.83. The molecule has 3 aromatic rings. The average molecular weight is 376 g/mol. The zero-order chi connectivity index (χ0) is 16.0. The number of aliphatic hydroxyl groups excluding tert-OH is 1. The summed E-state index contributed by atoms with van der Waals surface area (Å²) in [4.78, 5) is 21.7. The number of pyridine rings is 1. The molecule has 0 radical (unpaired) electrons. The average Bonchev–Trinajstić information content (AvgIpc) is 2.57. The molecule has 4 rings (SSSR count). The van der Waals surface area contributed by atoms with Crippen LogP contribution in [0.1, 0.15) is 12.5 Å². The number of rotatable bonds is 1. The first-order valence-electron chi connectivity index (χ1n) is 7.36. The van der Waals surface area contributed by atoms with Crippen LogP contribution in [-0.2, 0) is 4.74 Å². The number of fused-ring (bicyclic) bond motifs is 3. The van der Waals surface area contributed by atoms with E-state index in [2.05, 4.69) is 25.9 Å². The Kier molecular flexibility index (Phi) is 3.63.